The number of nitrogens with zero attached hydrogens (tertiary/aromatic N) is 1. The fourth-order valence-electron chi connectivity index (χ4n) is 1.61. The smallest absolute Gasteiger partial charge is 0.437 e. The summed E-state index contributed by atoms with van der Waals surface area (Å²) in [6.07, 6.45) is -1.53. The summed E-state index contributed by atoms with van der Waals surface area (Å²) in [6.45, 7) is 10.8. The molecule has 0 heterocycles. The van der Waals surface area contributed by atoms with E-state index in [0.29, 0.717) is 6.54 Å². The summed E-state index contributed by atoms with van der Waals surface area (Å²) in [5, 5.41) is 5.32. The van der Waals surface area contributed by atoms with Crippen LogP contribution in [0, 0.1) is 6.07 Å². The Labute approximate surface area is 148 Å². The number of hydrogen-bond donors (Lipinski definition) is 2. The van der Waals surface area contributed by atoms with Crippen molar-refractivity contribution in [3.05, 3.63) is 35.9 Å². The van der Waals surface area contributed by atoms with Crippen LogP contribution in [-0.4, -0.2) is 29.3 Å². The Morgan fingerprint density at radius 3 is 2.12 bits per heavy atom. The predicted molar refractivity (Wildman–Crippen MR) is 95.2 cm³/mol. The van der Waals surface area contributed by atoms with Crippen LogP contribution in [0.15, 0.2) is 29.3 Å². The van der Waals surface area contributed by atoms with E-state index in [2.05, 4.69) is 21.7 Å². The van der Waals surface area contributed by atoms with E-state index in [9.17, 15) is 9.59 Å². The van der Waals surface area contributed by atoms with Crippen LogP contribution in [0.4, 0.5) is 9.59 Å². The topological polar surface area (TPSA) is 89.0 Å². The van der Waals surface area contributed by atoms with Crippen molar-refractivity contribution in [2.24, 2.45) is 4.99 Å². The molecule has 2 N–H and O–H groups in total. The third-order valence-corrected chi connectivity index (χ3v) is 2.46. The maximum atomic E-state index is 11.9. The number of carbonyl (C=O) groups excluding carboxylic acids is 2. The number of carbonyl (C=O) groups is 2. The highest BCUT2D eigenvalue weighted by Gasteiger charge is 2.20. The van der Waals surface area contributed by atoms with E-state index in [1.54, 1.807) is 53.7 Å². The number of rotatable bonds is 2. The highest BCUT2D eigenvalue weighted by atomic mass is 16.6. The largest absolute Gasteiger partial charge is 0.444 e. The molecule has 0 saturated heterocycles. The zero-order valence-corrected chi connectivity index (χ0v) is 15.6. The van der Waals surface area contributed by atoms with E-state index in [-0.39, 0.29) is 5.96 Å². The van der Waals surface area contributed by atoms with Crippen LogP contribution in [0.5, 0.6) is 0 Å². The van der Waals surface area contributed by atoms with E-state index in [1.807, 2.05) is 12.1 Å². The van der Waals surface area contributed by atoms with Gasteiger partial charge in [0.1, 0.15) is 11.2 Å². The molecule has 0 saturated carbocycles. The number of ether oxygens (including phenoxy) is 2. The third-order valence-electron chi connectivity index (χ3n) is 2.46. The fourth-order valence-corrected chi connectivity index (χ4v) is 1.61. The van der Waals surface area contributed by atoms with Gasteiger partial charge in [0.2, 0.25) is 5.96 Å². The minimum Gasteiger partial charge on any atom is -0.444 e. The molecule has 7 nitrogen and oxygen atoms in total. The number of alkyl carbamates (subject to hydrolysis) is 1. The maximum absolute atomic E-state index is 11.9. The second kappa shape index (κ2) is 8.50. The van der Waals surface area contributed by atoms with Crippen molar-refractivity contribution >= 4 is 18.1 Å². The molecule has 0 bridgehead atoms. The van der Waals surface area contributed by atoms with Crippen LogP contribution in [-0.2, 0) is 16.0 Å². The van der Waals surface area contributed by atoms with Gasteiger partial charge < -0.3 is 14.8 Å². The molecular formula is C18H26N3O4. The van der Waals surface area contributed by atoms with Crippen molar-refractivity contribution in [1.82, 2.24) is 10.6 Å². The standard InChI is InChI=1S/C18H26N3O4/c1-17(2,3)24-15(22)20-14(21-16(23)25-18(4,5)6)19-12-13-10-8-7-9-11-13/h8-11H,12H2,1-6H3,(H2,19,20,21,22,23). The normalized spacial score (nSPS) is 12.3. The summed E-state index contributed by atoms with van der Waals surface area (Å²) in [4.78, 5) is 27.6. The number of nitrogens with one attached hydrogen (secondary N) is 2. The van der Waals surface area contributed by atoms with E-state index < -0.39 is 23.4 Å². The molecule has 0 aromatic heterocycles. The zero-order valence-electron chi connectivity index (χ0n) is 15.6. The zero-order chi connectivity index (χ0) is 19.1. The average Bonchev–Trinajstić information content (AvgIpc) is 2.41. The molecule has 25 heavy (non-hydrogen) atoms. The Bertz CT molecular complexity index is 613. The SMILES string of the molecule is CC(C)(C)OC(=O)N=C(NCc1cc[c]cc1)NC(=O)OC(C)(C)C. The Balaban J connectivity index is 2.81. The summed E-state index contributed by atoms with van der Waals surface area (Å²) in [6, 6.07) is 10.2. The van der Waals surface area contributed by atoms with Crippen LogP contribution < -0.4 is 10.6 Å². The first-order valence-corrected chi connectivity index (χ1v) is 7.95. The monoisotopic (exact) mass is 348 g/mol. The van der Waals surface area contributed by atoms with Gasteiger partial charge in [-0.05, 0) is 53.2 Å². The maximum Gasteiger partial charge on any atom is 0.437 e. The van der Waals surface area contributed by atoms with Gasteiger partial charge in [0, 0.05) is 6.54 Å². The molecule has 1 radical (unpaired) electrons. The summed E-state index contributed by atoms with van der Waals surface area (Å²) in [5.74, 6) is -0.0451. The van der Waals surface area contributed by atoms with Crippen molar-refractivity contribution in [2.45, 2.75) is 59.3 Å². The lowest BCUT2D eigenvalue weighted by molar-refractivity contribution is 0.0560. The van der Waals surface area contributed by atoms with Crippen molar-refractivity contribution in [1.29, 1.82) is 0 Å². The number of aliphatic imine (C=N–C) groups is 1. The first-order chi connectivity index (χ1) is 11.4. The van der Waals surface area contributed by atoms with Gasteiger partial charge in [-0.1, -0.05) is 24.3 Å². The van der Waals surface area contributed by atoms with Gasteiger partial charge in [-0.3, -0.25) is 5.32 Å². The van der Waals surface area contributed by atoms with E-state index >= 15 is 0 Å². The van der Waals surface area contributed by atoms with Crippen LogP contribution in [0.2, 0.25) is 0 Å². The van der Waals surface area contributed by atoms with Gasteiger partial charge in [-0.2, -0.15) is 0 Å². The summed E-state index contributed by atoms with van der Waals surface area (Å²) in [5.41, 5.74) is -0.426. The molecule has 0 spiro atoms. The van der Waals surface area contributed by atoms with Crippen molar-refractivity contribution in [3.63, 3.8) is 0 Å². The first-order valence-electron chi connectivity index (χ1n) is 7.95. The van der Waals surface area contributed by atoms with Gasteiger partial charge in [-0.15, -0.1) is 4.99 Å². The van der Waals surface area contributed by atoms with E-state index in [0.717, 1.165) is 5.56 Å². The number of guanidine groups is 1. The van der Waals surface area contributed by atoms with Gasteiger partial charge in [-0.25, -0.2) is 9.59 Å². The van der Waals surface area contributed by atoms with Gasteiger partial charge in [0.05, 0.1) is 0 Å². The molecule has 7 heteroatoms. The Morgan fingerprint density at radius 2 is 1.60 bits per heavy atom. The number of benzene rings is 1. The Kier molecular flexibility index (Phi) is 6.97. The molecule has 0 unspecified atom stereocenters. The molecule has 0 aliphatic carbocycles. The van der Waals surface area contributed by atoms with Crippen molar-refractivity contribution in [2.75, 3.05) is 0 Å². The quantitative estimate of drug-likeness (QED) is 0.632. The molecule has 0 aliphatic rings. The highest BCUT2D eigenvalue weighted by Crippen LogP contribution is 2.09. The molecule has 2 amide bonds. The second-order valence-electron chi connectivity index (χ2n) is 7.33. The minimum absolute atomic E-state index is 0.0451. The number of amides is 2. The van der Waals surface area contributed by atoms with Crippen LogP contribution in [0.25, 0.3) is 0 Å². The molecule has 1 aromatic carbocycles. The molecule has 0 aliphatic heterocycles. The summed E-state index contributed by atoms with van der Waals surface area (Å²) >= 11 is 0. The van der Waals surface area contributed by atoms with Crippen LogP contribution >= 0.6 is 0 Å². The Morgan fingerprint density at radius 1 is 1.04 bits per heavy atom. The third kappa shape index (κ3) is 10.0. The Hall–Kier alpha value is -2.57. The van der Waals surface area contributed by atoms with E-state index in [4.69, 9.17) is 9.47 Å². The van der Waals surface area contributed by atoms with Gasteiger partial charge in [0.15, 0.2) is 0 Å². The van der Waals surface area contributed by atoms with E-state index in [1.165, 1.54) is 0 Å². The number of hydrogen-bond acceptors (Lipinski definition) is 4. The van der Waals surface area contributed by atoms with Gasteiger partial charge in [0.25, 0.3) is 0 Å². The van der Waals surface area contributed by atoms with Crippen molar-refractivity contribution in [3.8, 4) is 0 Å². The lowest BCUT2D eigenvalue weighted by atomic mass is 10.2. The summed E-state index contributed by atoms with van der Waals surface area (Å²) in [7, 11) is 0. The second-order valence-corrected chi connectivity index (χ2v) is 7.33. The molecule has 1 aromatic rings. The lowest BCUT2D eigenvalue weighted by Gasteiger charge is -2.21. The summed E-state index contributed by atoms with van der Waals surface area (Å²) < 4.78 is 10.3. The molecule has 0 atom stereocenters. The van der Waals surface area contributed by atoms with Gasteiger partial charge >= 0.3 is 12.2 Å². The molecule has 137 valence electrons. The molecule has 0 fully saturated rings. The average molecular weight is 348 g/mol. The molecule has 1 rings (SSSR count). The first kappa shape index (κ1) is 20.5. The molecular weight excluding hydrogens is 322 g/mol. The predicted octanol–water partition coefficient (Wildman–Crippen LogP) is 3.39. The lowest BCUT2D eigenvalue weighted by Crippen LogP contribution is -2.44. The minimum atomic E-state index is -0.813. The fraction of sp³-hybridized carbons (Fsp3) is 0.500. The van der Waals surface area contributed by atoms with Crippen LogP contribution in [0.1, 0.15) is 47.1 Å². The van der Waals surface area contributed by atoms with Crippen molar-refractivity contribution < 1.29 is 19.1 Å². The highest BCUT2D eigenvalue weighted by molar-refractivity contribution is 5.98. The van der Waals surface area contributed by atoms with Crippen LogP contribution in [0.3, 0.4) is 0 Å².